The van der Waals surface area contributed by atoms with Crippen LogP contribution in [0.4, 0.5) is 0 Å². The first-order chi connectivity index (χ1) is 9.72. The lowest BCUT2D eigenvalue weighted by molar-refractivity contribution is 0.0925. The molecule has 1 aromatic heterocycles. The van der Waals surface area contributed by atoms with Crippen LogP contribution in [0.25, 0.3) is 0 Å². The fraction of sp³-hybridized carbons (Fsp3) is 0.267. The molecule has 4 nitrogen and oxygen atoms in total. The van der Waals surface area contributed by atoms with E-state index in [1.165, 1.54) is 11.1 Å². The van der Waals surface area contributed by atoms with Crippen LogP contribution in [0.5, 0.6) is 5.75 Å². The van der Waals surface area contributed by atoms with Gasteiger partial charge in [-0.05, 0) is 51.7 Å². The number of carbonyl (C=O) groups excluding carboxylic acids is 1. The summed E-state index contributed by atoms with van der Waals surface area (Å²) in [5.41, 5.74) is 2.46. The first kappa shape index (κ1) is 13.2. The molecule has 2 aromatic rings. The Morgan fingerprint density at radius 1 is 1.30 bits per heavy atom. The zero-order chi connectivity index (χ0) is 13.9. The van der Waals surface area contributed by atoms with Gasteiger partial charge in [-0.2, -0.15) is 0 Å². The number of halogens is 1. The third kappa shape index (κ3) is 2.88. The van der Waals surface area contributed by atoms with Gasteiger partial charge in [0, 0.05) is 13.0 Å². The fourth-order valence-corrected chi connectivity index (χ4v) is 2.55. The molecular weight excluding hydrogens is 322 g/mol. The number of furan rings is 1. The number of carbonyl (C=O) groups is 1. The quantitative estimate of drug-likeness (QED) is 0.934. The molecule has 0 saturated heterocycles. The molecule has 1 amide bonds. The van der Waals surface area contributed by atoms with Crippen LogP contribution in [-0.4, -0.2) is 19.1 Å². The number of nitrogens with one attached hydrogen (secondary N) is 1. The van der Waals surface area contributed by atoms with E-state index in [1.807, 2.05) is 12.1 Å². The summed E-state index contributed by atoms with van der Waals surface area (Å²) in [5.74, 6) is 1.11. The van der Waals surface area contributed by atoms with Gasteiger partial charge in [-0.25, -0.2) is 0 Å². The summed E-state index contributed by atoms with van der Waals surface area (Å²) in [4.78, 5) is 11.8. The highest BCUT2D eigenvalue weighted by molar-refractivity contribution is 9.10. The van der Waals surface area contributed by atoms with E-state index in [0.29, 0.717) is 17.0 Å². The summed E-state index contributed by atoms with van der Waals surface area (Å²) < 4.78 is 11.2. The molecule has 0 unspecified atom stereocenters. The van der Waals surface area contributed by atoms with Crippen molar-refractivity contribution in [3.63, 3.8) is 0 Å². The lowest BCUT2D eigenvalue weighted by Crippen LogP contribution is -2.25. The van der Waals surface area contributed by atoms with Crippen LogP contribution in [-0.2, 0) is 12.8 Å². The first-order valence-electron chi connectivity index (χ1n) is 6.50. The number of fused-ring (bicyclic) bond motifs is 1. The molecule has 0 atom stereocenters. The first-order valence-corrected chi connectivity index (χ1v) is 7.30. The second-order valence-corrected chi connectivity index (χ2v) is 5.43. The van der Waals surface area contributed by atoms with Crippen LogP contribution < -0.4 is 10.1 Å². The Hall–Kier alpha value is -1.75. The van der Waals surface area contributed by atoms with E-state index in [-0.39, 0.29) is 5.91 Å². The Morgan fingerprint density at radius 2 is 2.20 bits per heavy atom. The zero-order valence-corrected chi connectivity index (χ0v) is 12.4. The molecule has 0 aliphatic carbocycles. The average molecular weight is 336 g/mol. The predicted molar refractivity (Wildman–Crippen MR) is 78.1 cm³/mol. The monoisotopic (exact) mass is 335 g/mol. The molecule has 1 aliphatic rings. The van der Waals surface area contributed by atoms with Gasteiger partial charge in [-0.15, -0.1) is 0 Å². The van der Waals surface area contributed by atoms with Gasteiger partial charge < -0.3 is 14.5 Å². The third-order valence-electron chi connectivity index (χ3n) is 3.25. The van der Waals surface area contributed by atoms with E-state index in [4.69, 9.17) is 9.15 Å². The Kier molecular flexibility index (Phi) is 3.78. The van der Waals surface area contributed by atoms with E-state index in [1.54, 1.807) is 12.1 Å². The predicted octanol–water partition coefficient (Wildman–Crippen LogP) is 2.95. The molecule has 104 valence electrons. The van der Waals surface area contributed by atoms with Gasteiger partial charge in [0.2, 0.25) is 0 Å². The number of hydrogen-bond acceptors (Lipinski definition) is 3. The molecule has 0 fully saturated rings. The van der Waals surface area contributed by atoms with Crippen molar-refractivity contribution >= 4 is 21.8 Å². The van der Waals surface area contributed by atoms with Gasteiger partial charge in [0.05, 0.1) is 6.61 Å². The van der Waals surface area contributed by atoms with Crippen LogP contribution in [0, 0.1) is 0 Å². The summed E-state index contributed by atoms with van der Waals surface area (Å²) >= 11 is 3.18. The maximum absolute atomic E-state index is 11.8. The number of hydrogen-bond donors (Lipinski definition) is 1. The Morgan fingerprint density at radius 3 is 3.00 bits per heavy atom. The molecule has 2 heterocycles. The minimum atomic E-state index is -0.194. The van der Waals surface area contributed by atoms with E-state index in [0.717, 1.165) is 25.2 Å². The van der Waals surface area contributed by atoms with Gasteiger partial charge in [0.25, 0.3) is 5.91 Å². The summed E-state index contributed by atoms with van der Waals surface area (Å²) in [5, 5.41) is 2.84. The molecular formula is C15H14BrNO3. The zero-order valence-electron chi connectivity index (χ0n) is 10.8. The Balaban J connectivity index is 1.54. The third-order valence-corrected chi connectivity index (χ3v) is 3.68. The van der Waals surface area contributed by atoms with Crippen molar-refractivity contribution in [1.29, 1.82) is 0 Å². The van der Waals surface area contributed by atoms with Crippen molar-refractivity contribution < 1.29 is 13.9 Å². The maximum Gasteiger partial charge on any atom is 0.287 e. The van der Waals surface area contributed by atoms with Crippen molar-refractivity contribution in [2.45, 2.75) is 12.8 Å². The molecule has 0 spiro atoms. The van der Waals surface area contributed by atoms with Crippen LogP contribution in [0.15, 0.2) is 39.4 Å². The van der Waals surface area contributed by atoms with Crippen molar-refractivity contribution in [1.82, 2.24) is 5.32 Å². The average Bonchev–Trinajstić information content (AvgIpc) is 3.06. The molecule has 0 radical (unpaired) electrons. The maximum atomic E-state index is 11.8. The van der Waals surface area contributed by atoms with Crippen LogP contribution in [0.3, 0.4) is 0 Å². The molecule has 5 heteroatoms. The van der Waals surface area contributed by atoms with E-state index in [9.17, 15) is 4.79 Å². The molecule has 20 heavy (non-hydrogen) atoms. The highest BCUT2D eigenvalue weighted by atomic mass is 79.9. The Labute approximate surface area is 125 Å². The minimum Gasteiger partial charge on any atom is -0.493 e. The molecule has 3 rings (SSSR count). The summed E-state index contributed by atoms with van der Waals surface area (Å²) in [6.07, 6.45) is 1.76. The molecule has 1 aliphatic heterocycles. The summed E-state index contributed by atoms with van der Waals surface area (Å²) in [6, 6.07) is 9.54. The van der Waals surface area contributed by atoms with Gasteiger partial charge in [-0.3, -0.25) is 4.79 Å². The van der Waals surface area contributed by atoms with Crippen LogP contribution in [0.2, 0.25) is 0 Å². The van der Waals surface area contributed by atoms with Crippen LogP contribution in [0.1, 0.15) is 21.7 Å². The highest BCUT2D eigenvalue weighted by Gasteiger charge is 2.12. The largest absolute Gasteiger partial charge is 0.493 e. The SMILES string of the molecule is O=C(NCCc1ccc2c(c1)CCO2)c1ccc(Br)o1. The number of benzene rings is 1. The second-order valence-electron chi connectivity index (χ2n) is 4.65. The number of rotatable bonds is 4. The standard InChI is InChI=1S/C15H14BrNO3/c16-14-4-3-13(20-14)15(18)17-7-5-10-1-2-12-11(9-10)6-8-19-12/h1-4,9H,5-8H2,(H,17,18). The van der Waals surface area contributed by atoms with Gasteiger partial charge in [-0.1, -0.05) is 12.1 Å². The topological polar surface area (TPSA) is 51.5 Å². The Bertz CT molecular complexity index is 636. The van der Waals surface area contributed by atoms with E-state index in [2.05, 4.69) is 27.3 Å². The van der Waals surface area contributed by atoms with Crippen molar-refractivity contribution in [2.24, 2.45) is 0 Å². The van der Waals surface area contributed by atoms with E-state index >= 15 is 0 Å². The second kappa shape index (κ2) is 5.71. The summed E-state index contributed by atoms with van der Waals surface area (Å²) in [7, 11) is 0. The normalized spacial score (nSPS) is 12.8. The smallest absolute Gasteiger partial charge is 0.287 e. The number of ether oxygens (including phenoxy) is 1. The molecule has 0 saturated carbocycles. The summed E-state index contributed by atoms with van der Waals surface area (Å²) in [6.45, 7) is 1.35. The fourth-order valence-electron chi connectivity index (χ4n) is 2.24. The molecule has 1 N–H and O–H groups in total. The van der Waals surface area contributed by atoms with Gasteiger partial charge >= 0.3 is 0 Å². The minimum absolute atomic E-state index is 0.194. The van der Waals surface area contributed by atoms with Gasteiger partial charge in [0.1, 0.15) is 5.75 Å². The van der Waals surface area contributed by atoms with Gasteiger partial charge in [0.15, 0.2) is 10.4 Å². The molecule has 0 bridgehead atoms. The van der Waals surface area contributed by atoms with Crippen molar-refractivity contribution in [2.75, 3.05) is 13.2 Å². The lowest BCUT2D eigenvalue weighted by Gasteiger charge is -2.05. The van der Waals surface area contributed by atoms with Crippen molar-refractivity contribution in [3.8, 4) is 5.75 Å². The highest BCUT2D eigenvalue weighted by Crippen LogP contribution is 2.25. The lowest BCUT2D eigenvalue weighted by atomic mass is 10.1. The van der Waals surface area contributed by atoms with Crippen molar-refractivity contribution in [3.05, 3.63) is 51.9 Å². The van der Waals surface area contributed by atoms with Crippen LogP contribution >= 0.6 is 15.9 Å². The number of amides is 1. The molecule has 1 aromatic carbocycles. The van der Waals surface area contributed by atoms with E-state index < -0.39 is 0 Å².